The molecule has 3 aliphatic heterocycles. The predicted octanol–water partition coefficient (Wildman–Crippen LogP) is 1.03. The second-order valence-corrected chi connectivity index (χ2v) is 5.68. The number of hydrogen-bond acceptors (Lipinski definition) is 3. The molecule has 1 aromatic rings. The van der Waals surface area contributed by atoms with Crippen molar-refractivity contribution >= 4 is 17.6 Å². The third kappa shape index (κ3) is 1.67. The summed E-state index contributed by atoms with van der Waals surface area (Å²) in [5.74, 6) is -1.12. The van der Waals surface area contributed by atoms with E-state index in [-0.39, 0.29) is 29.7 Å². The molecule has 5 heteroatoms. The third-order valence-electron chi connectivity index (χ3n) is 4.37. The van der Waals surface area contributed by atoms with Crippen LogP contribution in [0.1, 0.15) is 24.3 Å². The Morgan fingerprint density at radius 1 is 0.810 bits per heavy atom. The average molecular weight is 282 g/mol. The van der Waals surface area contributed by atoms with Crippen LogP contribution in [0.3, 0.4) is 0 Å². The van der Waals surface area contributed by atoms with Gasteiger partial charge in [-0.05, 0) is 5.56 Å². The van der Waals surface area contributed by atoms with Crippen LogP contribution in [-0.4, -0.2) is 39.7 Å². The molecule has 5 nitrogen and oxygen atoms in total. The van der Waals surface area contributed by atoms with E-state index in [9.17, 15) is 14.4 Å². The van der Waals surface area contributed by atoms with Gasteiger partial charge in [0.25, 0.3) is 11.8 Å². The van der Waals surface area contributed by atoms with Crippen LogP contribution in [0, 0.1) is 0 Å². The standard InChI is InChI=1S/C16H14N2O3/c19-13-8-11-6-7-12(9-13)18-16(21)14(15(20)17(11)18)10-4-2-1-3-5-10/h1-7,11-12,14H,8-9H2/t11-,12-/m1/s1. The summed E-state index contributed by atoms with van der Waals surface area (Å²) in [6.07, 6.45) is 4.35. The number of ketones is 1. The largest absolute Gasteiger partial charge is 0.300 e. The number of hydrogen-bond donors (Lipinski definition) is 0. The van der Waals surface area contributed by atoms with E-state index < -0.39 is 5.92 Å². The van der Waals surface area contributed by atoms with Crippen molar-refractivity contribution in [3.8, 4) is 0 Å². The van der Waals surface area contributed by atoms with Gasteiger partial charge in [-0.1, -0.05) is 42.5 Å². The first kappa shape index (κ1) is 12.3. The molecule has 0 aromatic heterocycles. The highest BCUT2D eigenvalue weighted by atomic mass is 16.2. The highest BCUT2D eigenvalue weighted by Crippen LogP contribution is 2.38. The summed E-state index contributed by atoms with van der Waals surface area (Å²) in [4.78, 5) is 37.3. The maximum absolute atomic E-state index is 12.7. The molecule has 21 heavy (non-hydrogen) atoms. The Morgan fingerprint density at radius 2 is 1.33 bits per heavy atom. The number of nitrogens with zero attached hydrogens (tertiary/aromatic N) is 2. The summed E-state index contributed by atoms with van der Waals surface area (Å²) >= 11 is 0. The van der Waals surface area contributed by atoms with Crippen molar-refractivity contribution in [3.05, 3.63) is 48.0 Å². The molecule has 0 spiro atoms. The molecule has 3 heterocycles. The lowest BCUT2D eigenvalue weighted by molar-refractivity contribution is -0.153. The van der Waals surface area contributed by atoms with Crippen LogP contribution < -0.4 is 0 Å². The maximum atomic E-state index is 12.7. The van der Waals surface area contributed by atoms with Gasteiger partial charge in [0.05, 0.1) is 12.1 Å². The van der Waals surface area contributed by atoms with Crippen LogP contribution in [0.2, 0.25) is 0 Å². The smallest absolute Gasteiger partial charge is 0.258 e. The number of carbonyl (C=O) groups excluding carboxylic acids is 3. The lowest BCUT2D eigenvalue weighted by Crippen LogP contribution is -2.51. The summed E-state index contributed by atoms with van der Waals surface area (Å²) in [7, 11) is 0. The van der Waals surface area contributed by atoms with E-state index in [1.807, 2.05) is 30.4 Å². The molecule has 2 fully saturated rings. The van der Waals surface area contributed by atoms with Crippen molar-refractivity contribution in [2.24, 2.45) is 0 Å². The number of fused-ring (bicyclic) bond motifs is 2. The van der Waals surface area contributed by atoms with Gasteiger partial charge in [-0.15, -0.1) is 0 Å². The number of hydrazine groups is 1. The van der Waals surface area contributed by atoms with Gasteiger partial charge in [-0.25, -0.2) is 10.0 Å². The zero-order chi connectivity index (χ0) is 14.6. The molecule has 2 atom stereocenters. The highest BCUT2D eigenvalue weighted by Gasteiger charge is 2.53. The fourth-order valence-corrected chi connectivity index (χ4v) is 3.44. The number of amides is 2. The zero-order valence-corrected chi connectivity index (χ0v) is 11.3. The number of rotatable bonds is 1. The van der Waals surface area contributed by atoms with Crippen molar-refractivity contribution in [2.75, 3.05) is 0 Å². The minimum atomic E-state index is -0.774. The Morgan fingerprint density at radius 3 is 1.86 bits per heavy atom. The molecule has 1 aromatic carbocycles. The van der Waals surface area contributed by atoms with Crippen molar-refractivity contribution < 1.29 is 14.4 Å². The SMILES string of the molecule is O=C1C[C@H]2C=C[C@H](C1)N1C(=O)C(c3ccccc3)C(=O)N21. The average Bonchev–Trinajstić information content (AvgIpc) is 2.62. The lowest BCUT2D eigenvalue weighted by Gasteiger charge is -2.37. The van der Waals surface area contributed by atoms with Gasteiger partial charge in [0.2, 0.25) is 0 Å². The molecule has 1 aliphatic carbocycles. The summed E-state index contributed by atoms with van der Waals surface area (Å²) in [6, 6.07) is 8.47. The maximum Gasteiger partial charge on any atom is 0.258 e. The van der Waals surface area contributed by atoms with E-state index in [2.05, 4.69) is 0 Å². The molecule has 5 rings (SSSR count). The molecular formula is C16H14N2O3. The monoisotopic (exact) mass is 282 g/mol. The molecule has 4 aliphatic rings. The lowest BCUT2D eigenvalue weighted by atomic mass is 9.97. The number of benzene rings is 1. The Labute approximate surface area is 121 Å². The molecular weight excluding hydrogens is 268 g/mol. The zero-order valence-electron chi connectivity index (χ0n) is 11.3. The normalized spacial score (nSPS) is 28.3. The molecule has 2 bridgehead atoms. The Bertz CT molecular complexity index is 631. The van der Waals surface area contributed by atoms with Gasteiger partial charge >= 0.3 is 0 Å². The molecule has 0 unspecified atom stereocenters. The van der Waals surface area contributed by atoms with Crippen LogP contribution in [0.5, 0.6) is 0 Å². The first-order valence-electron chi connectivity index (χ1n) is 7.08. The molecule has 106 valence electrons. The first-order valence-corrected chi connectivity index (χ1v) is 7.08. The van der Waals surface area contributed by atoms with Crippen LogP contribution in [-0.2, 0) is 14.4 Å². The summed E-state index contributed by atoms with van der Waals surface area (Å²) in [5, 5.41) is 2.99. The minimum absolute atomic E-state index is 0.0984. The van der Waals surface area contributed by atoms with E-state index in [4.69, 9.17) is 0 Å². The fraction of sp³-hybridized carbons (Fsp3) is 0.312. The van der Waals surface area contributed by atoms with Gasteiger partial charge in [0.1, 0.15) is 11.7 Å². The number of Topliss-reactive ketones (excluding diaryl/α,β-unsaturated/α-hetero) is 1. The Hall–Kier alpha value is -2.43. The van der Waals surface area contributed by atoms with E-state index in [0.717, 1.165) is 0 Å². The highest BCUT2D eigenvalue weighted by molar-refractivity contribution is 6.11. The van der Waals surface area contributed by atoms with Gasteiger partial charge in [-0.2, -0.15) is 0 Å². The molecule has 0 N–H and O–H groups in total. The van der Waals surface area contributed by atoms with Gasteiger partial charge in [0, 0.05) is 12.8 Å². The first-order chi connectivity index (χ1) is 10.2. The van der Waals surface area contributed by atoms with E-state index in [0.29, 0.717) is 18.4 Å². The summed E-state index contributed by atoms with van der Waals surface area (Å²) < 4.78 is 0. The van der Waals surface area contributed by atoms with Crippen LogP contribution in [0.4, 0.5) is 0 Å². The predicted molar refractivity (Wildman–Crippen MR) is 73.8 cm³/mol. The topological polar surface area (TPSA) is 57.7 Å². The van der Waals surface area contributed by atoms with E-state index in [1.54, 1.807) is 12.1 Å². The van der Waals surface area contributed by atoms with E-state index >= 15 is 0 Å². The molecule has 0 radical (unpaired) electrons. The molecule has 0 saturated carbocycles. The second-order valence-electron chi connectivity index (χ2n) is 5.68. The van der Waals surface area contributed by atoms with Crippen molar-refractivity contribution in [1.82, 2.24) is 10.0 Å². The quantitative estimate of drug-likeness (QED) is 0.571. The van der Waals surface area contributed by atoms with Crippen LogP contribution in [0.25, 0.3) is 0 Å². The summed E-state index contributed by atoms with van der Waals surface area (Å²) in [5.41, 5.74) is 0.714. The van der Waals surface area contributed by atoms with Crippen molar-refractivity contribution in [2.45, 2.75) is 30.8 Å². The van der Waals surface area contributed by atoms with Gasteiger partial charge in [-0.3, -0.25) is 14.4 Å². The van der Waals surface area contributed by atoms with Crippen LogP contribution >= 0.6 is 0 Å². The number of carbonyl (C=O) groups is 3. The van der Waals surface area contributed by atoms with Gasteiger partial charge < -0.3 is 0 Å². The van der Waals surface area contributed by atoms with Crippen LogP contribution in [0.15, 0.2) is 42.5 Å². The molecule has 2 amide bonds. The Balaban J connectivity index is 1.78. The van der Waals surface area contributed by atoms with Gasteiger partial charge in [0.15, 0.2) is 0 Å². The molecule has 2 saturated heterocycles. The third-order valence-corrected chi connectivity index (χ3v) is 4.37. The van der Waals surface area contributed by atoms with E-state index in [1.165, 1.54) is 10.0 Å². The van der Waals surface area contributed by atoms with Crippen molar-refractivity contribution in [3.63, 3.8) is 0 Å². The minimum Gasteiger partial charge on any atom is -0.300 e. The van der Waals surface area contributed by atoms with Crippen molar-refractivity contribution in [1.29, 1.82) is 0 Å². The summed E-state index contributed by atoms with van der Waals surface area (Å²) in [6.45, 7) is 0. The fourth-order valence-electron chi connectivity index (χ4n) is 3.44. The second kappa shape index (κ2) is 4.28. The Kier molecular flexibility index (Phi) is 2.51.